The first-order valence-electron chi connectivity index (χ1n) is 9.18. The Balaban J connectivity index is 1.71. The standard InChI is InChI=1S/C22H27NO4/c1-24-19-13-17-7-5-6-16(17)12-18(19)8-9-23-14-15-10-20(25-2)22(27-4)21(11-15)26-3/h10-14H,5-9H2,1-4H3. The third-order valence-electron chi connectivity index (χ3n) is 4.93. The summed E-state index contributed by atoms with van der Waals surface area (Å²) in [6, 6.07) is 8.26. The molecule has 0 atom stereocenters. The highest BCUT2D eigenvalue weighted by molar-refractivity contribution is 5.82. The van der Waals surface area contributed by atoms with Crippen LogP contribution >= 0.6 is 0 Å². The van der Waals surface area contributed by atoms with Crippen molar-refractivity contribution in [2.24, 2.45) is 4.99 Å². The second-order valence-corrected chi connectivity index (χ2v) is 6.53. The van der Waals surface area contributed by atoms with Crippen LogP contribution in [0.3, 0.4) is 0 Å². The van der Waals surface area contributed by atoms with Crippen LogP contribution in [0.1, 0.15) is 28.7 Å². The molecule has 5 nitrogen and oxygen atoms in total. The Bertz CT molecular complexity index is 804. The van der Waals surface area contributed by atoms with Gasteiger partial charge in [-0.05, 0) is 66.1 Å². The molecular formula is C22H27NO4. The molecule has 0 spiro atoms. The fraction of sp³-hybridized carbons (Fsp3) is 0.409. The maximum absolute atomic E-state index is 5.57. The van der Waals surface area contributed by atoms with Gasteiger partial charge in [0.05, 0.1) is 28.4 Å². The van der Waals surface area contributed by atoms with E-state index in [1.165, 1.54) is 29.5 Å². The van der Waals surface area contributed by atoms with Gasteiger partial charge in [0.1, 0.15) is 5.75 Å². The van der Waals surface area contributed by atoms with Crippen molar-refractivity contribution in [1.82, 2.24) is 0 Å². The molecule has 1 aliphatic carbocycles. The Morgan fingerprint density at radius 3 is 2.04 bits per heavy atom. The Morgan fingerprint density at radius 2 is 1.44 bits per heavy atom. The van der Waals surface area contributed by atoms with Crippen LogP contribution in [0.2, 0.25) is 0 Å². The third kappa shape index (κ3) is 4.18. The third-order valence-corrected chi connectivity index (χ3v) is 4.93. The maximum atomic E-state index is 5.57. The van der Waals surface area contributed by atoms with Gasteiger partial charge in [-0.1, -0.05) is 6.07 Å². The topological polar surface area (TPSA) is 49.3 Å². The van der Waals surface area contributed by atoms with E-state index in [4.69, 9.17) is 18.9 Å². The molecule has 1 aliphatic rings. The molecule has 0 aromatic heterocycles. The van der Waals surface area contributed by atoms with Gasteiger partial charge in [-0.2, -0.15) is 0 Å². The van der Waals surface area contributed by atoms with Crippen molar-refractivity contribution >= 4 is 6.21 Å². The molecule has 0 saturated heterocycles. The van der Waals surface area contributed by atoms with Crippen LogP contribution in [0.5, 0.6) is 23.0 Å². The van der Waals surface area contributed by atoms with E-state index in [9.17, 15) is 0 Å². The predicted octanol–water partition coefficient (Wildman–Crippen LogP) is 3.87. The fourth-order valence-corrected chi connectivity index (χ4v) is 3.57. The Kier molecular flexibility index (Phi) is 6.22. The Labute approximate surface area is 160 Å². The van der Waals surface area contributed by atoms with Crippen LogP contribution in [0.25, 0.3) is 0 Å². The van der Waals surface area contributed by atoms with Crippen LogP contribution in [-0.4, -0.2) is 41.2 Å². The molecule has 0 amide bonds. The number of hydrogen-bond donors (Lipinski definition) is 0. The van der Waals surface area contributed by atoms with Crippen molar-refractivity contribution in [3.05, 3.63) is 46.5 Å². The van der Waals surface area contributed by atoms with Gasteiger partial charge in [0.15, 0.2) is 11.5 Å². The molecule has 0 fully saturated rings. The van der Waals surface area contributed by atoms with Gasteiger partial charge in [-0.25, -0.2) is 0 Å². The molecule has 0 bridgehead atoms. The van der Waals surface area contributed by atoms with Gasteiger partial charge in [-0.15, -0.1) is 0 Å². The summed E-state index contributed by atoms with van der Waals surface area (Å²) in [6.07, 6.45) is 6.25. The number of ether oxygens (including phenoxy) is 4. The highest BCUT2D eigenvalue weighted by atomic mass is 16.5. The minimum Gasteiger partial charge on any atom is -0.496 e. The lowest BCUT2D eigenvalue weighted by molar-refractivity contribution is 0.324. The molecule has 144 valence electrons. The van der Waals surface area contributed by atoms with E-state index in [1.807, 2.05) is 18.3 Å². The predicted molar refractivity (Wildman–Crippen MR) is 107 cm³/mol. The lowest BCUT2D eigenvalue weighted by Crippen LogP contribution is -1.99. The smallest absolute Gasteiger partial charge is 0.203 e. The van der Waals surface area contributed by atoms with Gasteiger partial charge in [0, 0.05) is 12.8 Å². The van der Waals surface area contributed by atoms with Crippen molar-refractivity contribution in [2.75, 3.05) is 35.0 Å². The van der Waals surface area contributed by atoms with Gasteiger partial charge >= 0.3 is 0 Å². The molecule has 0 aliphatic heterocycles. The van der Waals surface area contributed by atoms with Crippen molar-refractivity contribution in [1.29, 1.82) is 0 Å². The zero-order valence-corrected chi connectivity index (χ0v) is 16.5. The van der Waals surface area contributed by atoms with Crippen LogP contribution in [-0.2, 0) is 19.3 Å². The lowest BCUT2D eigenvalue weighted by Gasteiger charge is -2.12. The van der Waals surface area contributed by atoms with Crippen molar-refractivity contribution in [2.45, 2.75) is 25.7 Å². The second-order valence-electron chi connectivity index (χ2n) is 6.53. The summed E-state index contributed by atoms with van der Waals surface area (Å²) in [5, 5.41) is 0. The largest absolute Gasteiger partial charge is 0.496 e. The molecule has 2 aromatic rings. The summed E-state index contributed by atoms with van der Waals surface area (Å²) in [5.74, 6) is 2.80. The quantitative estimate of drug-likeness (QED) is 0.663. The number of fused-ring (bicyclic) bond motifs is 1. The summed E-state index contributed by atoms with van der Waals surface area (Å²) < 4.78 is 21.7. The van der Waals surface area contributed by atoms with E-state index in [1.54, 1.807) is 28.4 Å². The van der Waals surface area contributed by atoms with E-state index in [-0.39, 0.29) is 0 Å². The Hall–Kier alpha value is -2.69. The average molecular weight is 369 g/mol. The number of methoxy groups -OCH3 is 4. The highest BCUT2D eigenvalue weighted by Crippen LogP contribution is 2.37. The first-order chi connectivity index (χ1) is 13.2. The molecule has 3 rings (SSSR count). The summed E-state index contributed by atoms with van der Waals surface area (Å²) in [7, 11) is 6.55. The summed E-state index contributed by atoms with van der Waals surface area (Å²) in [6.45, 7) is 0.686. The molecule has 0 heterocycles. The molecule has 5 heteroatoms. The van der Waals surface area contributed by atoms with Gasteiger partial charge in [0.2, 0.25) is 5.75 Å². The SMILES string of the molecule is COc1cc2c(cc1CCN=Cc1cc(OC)c(OC)c(OC)c1)CCC2. The minimum absolute atomic E-state index is 0.583. The normalized spacial score (nSPS) is 12.9. The molecule has 0 N–H and O–H groups in total. The maximum Gasteiger partial charge on any atom is 0.203 e. The van der Waals surface area contributed by atoms with Crippen LogP contribution in [0.15, 0.2) is 29.3 Å². The lowest BCUT2D eigenvalue weighted by atomic mass is 10.0. The van der Waals surface area contributed by atoms with E-state index >= 15 is 0 Å². The molecule has 0 saturated carbocycles. The fourth-order valence-electron chi connectivity index (χ4n) is 3.57. The number of aryl methyl sites for hydroxylation is 2. The Morgan fingerprint density at radius 1 is 0.815 bits per heavy atom. The van der Waals surface area contributed by atoms with Crippen LogP contribution < -0.4 is 18.9 Å². The second kappa shape index (κ2) is 8.80. The monoisotopic (exact) mass is 369 g/mol. The van der Waals surface area contributed by atoms with Crippen LogP contribution in [0.4, 0.5) is 0 Å². The molecule has 0 unspecified atom stereocenters. The van der Waals surface area contributed by atoms with Gasteiger partial charge < -0.3 is 18.9 Å². The summed E-state index contributed by atoms with van der Waals surface area (Å²) in [5.41, 5.74) is 5.02. The molecule has 2 aromatic carbocycles. The molecular weight excluding hydrogens is 342 g/mol. The van der Waals surface area contributed by atoms with E-state index in [0.29, 0.717) is 23.8 Å². The van der Waals surface area contributed by atoms with Crippen LogP contribution in [0, 0.1) is 0 Å². The number of benzene rings is 2. The number of nitrogens with zero attached hydrogens (tertiary/aromatic N) is 1. The number of rotatable bonds is 8. The average Bonchev–Trinajstić information content (AvgIpc) is 3.16. The first kappa shape index (κ1) is 19.1. The van der Waals surface area contributed by atoms with Gasteiger partial charge in [-0.3, -0.25) is 4.99 Å². The zero-order chi connectivity index (χ0) is 19.2. The zero-order valence-electron chi connectivity index (χ0n) is 16.5. The molecule has 0 radical (unpaired) electrons. The van der Waals surface area contributed by atoms with E-state index < -0.39 is 0 Å². The van der Waals surface area contributed by atoms with Crippen molar-refractivity contribution < 1.29 is 18.9 Å². The van der Waals surface area contributed by atoms with Gasteiger partial charge in [0.25, 0.3) is 0 Å². The van der Waals surface area contributed by atoms with E-state index in [0.717, 1.165) is 24.2 Å². The highest BCUT2D eigenvalue weighted by Gasteiger charge is 2.15. The summed E-state index contributed by atoms with van der Waals surface area (Å²) in [4.78, 5) is 4.58. The number of aliphatic imine (C=N–C) groups is 1. The van der Waals surface area contributed by atoms with Crippen molar-refractivity contribution in [3.8, 4) is 23.0 Å². The summed E-state index contributed by atoms with van der Waals surface area (Å²) >= 11 is 0. The first-order valence-corrected chi connectivity index (χ1v) is 9.18. The van der Waals surface area contributed by atoms with Crippen molar-refractivity contribution in [3.63, 3.8) is 0 Å². The minimum atomic E-state index is 0.583. The molecule has 27 heavy (non-hydrogen) atoms. The van der Waals surface area contributed by atoms with E-state index in [2.05, 4.69) is 17.1 Å². The number of hydrogen-bond acceptors (Lipinski definition) is 5.